The summed E-state index contributed by atoms with van der Waals surface area (Å²) in [5.74, 6) is 2.85. The monoisotopic (exact) mass is 287 g/mol. The van der Waals surface area contributed by atoms with Gasteiger partial charge in [-0.05, 0) is 38.7 Å². The van der Waals surface area contributed by atoms with Gasteiger partial charge in [0.25, 0.3) is 0 Å². The zero-order valence-corrected chi connectivity index (χ0v) is 13.2. The fraction of sp³-hybridized carbons (Fsp3) is 0.692. The van der Waals surface area contributed by atoms with Crippen molar-refractivity contribution in [1.29, 1.82) is 0 Å². The Hall–Kier alpha value is -0.480. The molecule has 5 heteroatoms. The Morgan fingerprint density at radius 2 is 2.11 bits per heavy atom. The van der Waals surface area contributed by atoms with Gasteiger partial charge >= 0.3 is 0 Å². The molecule has 0 aliphatic rings. The second-order valence-corrected chi connectivity index (χ2v) is 5.82. The normalized spacial score (nSPS) is 12.5. The van der Waals surface area contributed by atoms with Crippen LogP contribution in [0.1, 0.15) is 38.1 Å². The fourth-order valence-electron chi connectivity index (χ4n) is 1.61. The third kappa shape index (κ3) is 4.65. The molecular weight excluding hydrogens is 266 g/mol. The van der Waals surface area contributed by atoms with E-state index in [-0.39, 0.29) is 0 Å². The van der Waals surface area contributed by atoms with E-state index in [1.807, 2.05) is 18.7 Å². The first-order valence-electron chi connectivity index (χ1n) is 6.37. The van der Waals surface area contributed by atoms with Gasteiger partial charge in [-0.3, -0.25) is 0 Å². The maximum absolute atomic E-state index is 6.15. The molecule has 1 aromatic rings. The number of aromatic nitrogens is 2. The Balaban J connectivity index is 2.79. The zero-order chi connectivity index (χ0) is 13.5. The molecule has 0 radical (unpaired) electrons. The predicted octanol–water partition coefficient (Wildman–Crippen LogP) is 3.94. The van der Waals surface area contributed by atoms with E-state index in [1.165, 1.54) is 0 Å². The lowest BCUT2D eigenvalue weighted by molar-refractivity contribution is 0.756. The number of halogens is 1. The molecule has 1 rings (SSSR count). The predicted molar refractivity (Wildman–Crippen MR) is 81.9 cm³/mol. The van der Waals surface area contributed by atoms with Gasteiger partial charge in [0, 0.05) is 18.0 Å². The second kappa shape index (κ2) is 7.85. The Morgan fingerprint density at radius 1 is 1.39 bits per heavy atom. The molecule has 0 bridgehead atoms. The lowest BCUT2D eigenvalue weighted by Gasteiger charge is -2.16. The number of nitrogens with one attached hydrogen (secondary N) is 1. The van der Waals surface area contributed by atoms with Gasteiger partial charge in [0.2, 0.25) is 0 Å². The average Bonchev–Trinajstić information content (AvgIpc) is 2.33. The summed E-state index contributed by atoms with van der Waals surface area (Å²) in [6, 6.07) is 0.400. The van der Waals surface area contributed by atoms with E-state index in [4.69, 9.17) is 11.6 Å². The van der Waals surface area contributed by atoms with Crippen LogP contribution in [-0.4, -0.2) is 28.0 Å². The van der Waals surface area contributed by atoms with Gasteiger partial charge in [-0.1, -0.05) is 18.5 Å². The van der Waals surface area contributed by atoms with Crippen LogP contribution in [0.4, 0.5) is 5.82 Å². The van der Waals surface area contributed by atoms with Crippen molar-refractivity contribution in [2.45, 2.75) is 46.1 Å². The van der Waals surface area contributed by atoms with Gasteiger partial charge in [-0.2, -0.15) is 11.8 Å². The summed E-state index contributed by atoms with van der Waals surface area (Å²) >= 11 is 8.01. The van der Waals surface area contributed by atoms with Gasteiger partial charge in [0.15, 0.2) is 0 Å². The SMILES string of the molecule is CCCc1nc(Cl)c(C)c(NC(C)CCSC)n1. The first kappa shape index (κ1) is 15.6. The number of anilines is 1. The summed E-state index contributed by atoms with van der Waals surface area (Å²) in [6.07, 6.45) is 5.14. The first-order valence-corrected chi connectivity index (χ1v) is 8.14. The van der Waals surface area contributed by atoms with E-state index in [1.54, 1.807) is 0 Å². The maximum Gasteiger partial charge on any atom is 0.137 e. The van der Waals surface area contributed by atoms with Crippen LogP contribution in [0.15, 0.2) is 0 Å². The second-order valence-electron chi connectivity index (χ2n) is 4.48. The summed E-state index contributed by atoms with van der Waals surface area (Å²) in [4.78, 5) is 8.86. The Labute approximate surface area is 119 Å². The number of thioether (sulfide) groups is 1. The van der Waals surface area contributed by atoms with Crippen molar-refractivity contribution < 1.29 is 0 Å². The number of hydrogen-bond acceptors (Lipinski definition) is 4. The Bertz CT molecular complexity index is 385. The smallest absolute Gasteiger partial charge is 0.137 e. The molecule has 0 aromatic carbocycles. The van der Waals surface area contributed by atoms with Crippen molar-refractivity contribution in [3.05, 3.63) is 16.5 Å². The molecule has 0 aliphatic heterocycles. The Morgan fingerprint density at radius 3 is 2.72 bits per heavy atom. The molecule has 0 amide bonds. The van der Waals surface area contributed by atoms with Gasteiger partial charge in [0.1, 0.15) is 16.8 Å². The molecule has 0 spiro atoms. The summed E-state index contributed by atoms with van der Waals surface area (Å²) in [7, 11) is 0. The highest BCUT2D eigenvalue weighted by Gasteiger charge is 2.11. The number of rotatable bonds is 7. The quantitative estimate of drug-likeness (QED) is 0.771. The van der Waals surface area contributed by atoms with Crippen molar-refractivity contribution >= 4 is 29.2 Å². The van der Waals surface area contributed by atoms with Gasteiger partial charge in [-0.15, -0.1) is 0 Å². The molecule has 18 heavy (non-hydrogen) atoms. The van der Waals surface area contributed by atoms with E-state index in [2.05, 4.69) is 35.4 Å². The number of nitrogens with zero attached hydrogens (tertiary/aromatic N) is 2. The molecule has 0 aliphatic carbocycles. The number of hydrogen-bond donors (Lipinski definition) is 1. The zero-order valence-electron chi connectivity index (χ0n) is 11.6. The largest absolute Gasteiger partial charge is 0.367 e. The summed E-state index contributed by atoms with van der Waals surface area (Å²) in [6.45, 7) is 6.25. The molecule has 1 unspecified atom stereocenters. The van der Waals surface area contributed by atoms with Crippen LogP contribution in [0.2, 0.25) is 5.15 Å². The molecule has 0 saturated carbocycles. The molecule has 3 nitrogen and oxygen atoms in total. The summed E-state index contributed by atoms with van der Waals surface area (Å²) in [5.41, 5.74) is 0.938. The lowest BCUT2D eigenvalue weighted by atomic mass is 10.2. The van der Waals surface area contributed by atoms with Crippen molar-refractivity contribution in [3.8, 4) is 0 Å². The molecule has 0 saturated heterocycles. The molecule has 102 valence electrons. The van der Waals surface area contributed by atoms with Crippen LogP contribution in [-0.2, 0) is 6.42 Å². The van der Waals surface area contributed by atoms with E-state index in [0.29, 0.717) is 11.2 Å². The van der Waals surface area contributed by atoms with Crippen LogP contribution in [0, 0.1) is 6.92 Å². The topological polar surface area (TPSA) is 37.8 Å². The Kier molecular flexibility index (Phi) is 6.79. The first-order chi connectivity index (χ1) is 8.58. The van der Waals surface area contributed by atoms with E-state index >= 15 is 0 Å². The van der Waals surface area contributed by atoms with E-state index in [9.17, 15) is 0 Å². The van der Waals surface area contributed by atoms with Crippen LogP contribution < -0.4 is 5.32 Å². The summed E-state index contributed by atoms with van der Waals surface area (Å²) in [5, 5.41) is 4.00. The minimum Gasteiger partial charge on any atom is -0.367 e. The summed E-state index contributed by atoms with van der Waals surface area (Å²) < 4.78 is 0. The highest BCUT2D eigenvalue weighted by Crippen LogP contribution is 2.21. The van der Waals surface area contributed by atoms with Crippen LogP contribution in [0.25, 0.3) is 0 Å². The highest BCUT2D eigenvalue weighted by molar-refractivity contribution is 7.98. The minimum atomic E-state index is 0.400. The third-order valence-electron chi connectivity index (χ3n) is 2.74. The third-order valence-corrected chi connectivity index (χ3v) is 3.76. The standard InChI is InChI=1S/C13H22ClN3S/c1-5-6-11-16-12(14)10(3)13(17-11)15-9(2)7-8-18-4/h9H,5-8H2,1-4H3,(H,15,16,17). The van der Waals surface area contributed by atoms with Gasteiger partial charge in [0.05, 0.1) is 0 Å². The van der Waals surface area contributed by atoms with Gasteiger partial charge in [-0.25, -0.2) is 9.97 Å². The maximum atomic E-state index is 6.15. The van der Waals surface area contributed by atoms with Crippen molar-refractivity contribution in [2.75, 3.05) is 17.3 Å². The minimum absolute atomic E-state index is 0.400. The molecule has 1 heterocycles. The molecule has 1 atom stereocenters. The van der Waals surface area contributed by atoms with E-state index < -0.39 is 0 Å². The molecular formula is C13H22ClN3S. The van der Waals surface area contributed by atoms with Crippen molar-refractivity contribution in [3.63, 3.8) is 0 Å². The van der Waals surface area contributed by atoms with Crippen LogP contribution in [0.5, 0.6) is 0 Å². The van der Waals surface area contributed by atoms with E-state index in [0.717, 1.165) is 42.2 Å². The lowest BCUT2D eigenvalue weighted by Crippen LogP contribution is -2.18. The van der Waals surface area contributed by atoms with Crippen molar-refractivity contribution in [2.24, 2.45) is 0 Å². The molecule has 1 N–H and O–H groups in total. The van der Waals surface area contributed by atoms with Gasteiger partial charge < -0.3 is 5.32 Å². The van der Waals surface area contributed by atoms with Crippen molar-refractivity contribution in [1.82, 2.24) is 9.97 Å². The fourth-order valence-corrected chi connectivity index (χ4v) is 2.39. The number of aryl methyl sites for hydroxylation is 1. The average molecular weight is 288 g/mol. The molecule has 0 fully saturated rings. The van der Waals surface area contributed by atoms with Crippen LogP contribution in [0.3, 0.4) is 0 Å². The molecule has 1 aromatic heterocycles. The van der Waals surface area contributed by atoms with Crippen LogP contribution >= 0.6 is 23.4 Å². The highest BCUT2D eigenvalue weighted by atomic mass is 35.5.